The Labute approximate surface area is 114 Å². The molecule has 0 radical (unpaired) electrons. The Morgan fingerprint density at radius 3 is 2.70 bits per heavy atom. The highest BCUT2D eigenvalue weighted by atomic mass is 19.4. The summed E-state index contributed by atoms with van der Waals surface area (Å²) >= 11 is 0. The second-order valence-corrected chi connectivity index (χ2v) is 3.73. The number of alkyl halides is 3. The fourth-order valence-electron chi connectivity index (χ4n) is 1.44. The monoisotopic (exact) mass is 289 g/mol. The van der Waals surface area contributed by atoms with Crippen molar-refractivity contribution in [3.05, 3.63) is 29.5 Å². The van der Waals surface area contributed by atoms with Gasteiger partial charge in [0, 0.05) is 6.20 Å². The Morgan fingerprint density at radius 1 is 1.45 bits per heavy atom. The highest BCUT2D eigenvalue weighted by Gasteiger charge is 2.35. The van der Waals surface area contributed by atoms with Gasteiger partial charge in [-0.25, -0.2) is 4.98 Å². The van der Waals surface area contributed by atoms with Gasteiger partial charge in [0.05, 0.1) is 20.1 Å². The van der Waals surface area contributed by atoms with Crippen molar-refractivity contribution in [1.29, 1.82) is 0 Å². The normalized spacial score (nSPS) is 11.7. The van der Waals surface area contributed by atoms with E-state index in [1.807, 2.05) is 0 Å². The minimum absolute atomic E-state index is 0.0127. The molecule has 1 aromatic rings. The Morgan fingerprint density at radius 2 is 2.15 bits per heavy atom. The lowest BCUT2D eigenvalue weighted by molar-refractivity contribution is -0.142. The molecule has 0 fully saturated rings. The average Bonchev–Trinajstić information content (AvgIpc) is 2.38. The first kappa shape index (κ1) is 16.0. The van der Waals surface area contributed by atoms with Crippen molar-refractivity contribution in [2.45, 2.75) is 19.5 Å². The minimum atomic E-state index is -4.55. The summed E-state index contributed by atoms with van der Waals surface area (Å²) in [5.74, 6) is -0.929. The number of ether oxygens (including phenoxy) is 2. The van der Waals surface area contributed by atoms with Crippen LogP contribution in [0.5, 0.6) is 5.88 Å². The van der Waals surface area contributed by atoms with Crippen molar-refractivity contribution in [1.82, 2.24) is 4.98 Å². The van der Waals surface area contributed by atoms with Gasteiger partial charge in [-0.1, -0.05) is 12.2 Å². The number of hydrogen-bond acceptors (Lipinski definition) is 4. The number of hydrogen-bond donors (Lipinski definition) is 0. The first-order valence-corrected chi connectivity index (χ1v) is 5.81. The van der Waals surface area contributed by atoms with Crippen molar-refractivity contribution >= 4 is 12.0 Å². The molecule has 0 saturated carbocycles. The van der Waals surface area contributed by atoms with Crippen LogP contribution < -0.4 is 4.74 Å². The van der Waals surface area contributed by atoms with E-state index >= 15 is 0 Å². The van der Waals surface area contributed by atoms with Gasteiger partial charge < -0.3 is 9.47 Å². The molecule has 0 amide bonds. The van der Waals surface area contributed by atoms with E-state index in [2.05, 4.69) is 14.5 Å². The number of pyridine rings is 1. The van der Waals surface area contributed by atoms with Crippen LogP contribution in [-0.2, 0) is 15.7 Å². The van der Waals surface area contributed by atoms with Gasteiger partial charge in [-0.15, -0.1) is 0 Å². The molecule has 0 atom stereocenters. The first-order valence-electron chi connectivity index (χ1n) is 5.81. The zero-order valence-corrected chi connectivity index (χ0v) is 11.0. The molecule has 1 rings (SSSR count). The predicted octanol–water partition coefficient (Wildman–Crippen LogP) is 3.08. The number of rotatable bonds is 5. The molecular formula is C13H14F3NO3. The lowest BCUT2D eigenvalue weighted by Crippen LogP contribution is -2.09. The highest BCUT2D eigenvalue weighted by Crippen LogP contribution is 2.35. The maximum Gasteiger partial charge on any atom is 0.421 e. The third-order valence-electron chi connectivity index (χ3n) is 2.27. The molecule has 20 heavy (non-hydrogen) atoms. The Bertz CT molecular complexity index is 498. The molecule has 1 aromatic heterocycles. The molecule has 0 aliphatic heterocycles. The number of carbonyl (C=O) groups excluding carboxylic acids is 1. The summed E-state index contributed by atoms with van der Waals surface area (Å²) in [4.78, 5) is 14.7. The average molecular weight is 289 g/mol. The van der Waals surface area contributed by atoms with Gasteiger partial charge in [-0.05, 0) is 18.6 Å². The molecule has 0 N–H and O–H groups in total. The van der Waals surface area contributed by atoms with E-state index in [9.17, 15) is 18.0 Å². The topological polar surface area (TPSA) is 48.4 Å². The predicted molar refractivity (Wildman–Crippen MR) is 66.1 cm³/mol. The van der Waals surface area contributed by atoms with Crippen LogP contribution in [0.1, 0.15) is 24.5 Å². The summed E-state index contributed by atoms with van der Waals surface area (Å²) in [5, 5.41) is 0. The molecule has 0 spiro atoms. The van der Waals surface area contributed by atoms with E-state index in [1.54, 1.807) is 6.92 Å². The zero-order valence-electron chi connectivity index (χ0n) is 11.0. The van der Waals surface area contributed by atoms with E-state index in [0.29, 0.717) is 0 Å². The summed E-state index contributed by atoms with van der Waals surface area (Å²) in [6.45, 7) is 1.93. The summed E-state index contributed by atoms with van der Waals surface area (Å²) < 4.78 is 47.5. The molecule has 0 unspecified atom stereocenters. The molecule has 0 aliphatic carbocycles. The number of aromatic nitrogens is 1. The molecule has 0 saturated heterocycles. The molecule has 4 nitrogen and oxygen atoms in total. The minimum Gasteiger partial charge on any atom is -0.481 e. The van der Waals surface area contributed by atoms with Crippen LogP contribution in [0.3, 0.4) is 0 Å². The smallest absolute Gasteiger partial charge is 0.421 e. The standard InChI is InChI=1S/C13H14F3NO3/c1-3-20-11(18)6-4-5-9-7-10(13(14,15)16)12(19-2)17-8-9/h4-5,7-8H,3,6H2,1-2H3. The number of methoxy groups -OCH3 is 1. The highest BCUT2D eigenvalue weighted by molar-refractivity contribution is 5.72. The maximum absolute atomic E-state index is 12.7. The van der Waals surface area contributed by atoms with Gasteiger partial charge in [-0.3, -0.25) is 4.79 Å². The molecular weight excluding hydrogens is 275 g/mol. The van der Waals surface area contributed by atoms with Crippen molar-refractivity contribution in [2.75, 3.05) is 13.7 Å². The van der Waals surface area contributed by atoms with Gasteiger partial charge in [0.25, 0.3) is 0 Å². The van der Waals surface area contributed by atoms with Gasteiger partial charge >= 0.3 is 12.1 Å². The summed E-state index contributed by atoms with van der Waals surface area (Å²) in [6.07, 6.45) is -0.541. The van der Waals surface area contributed by atoms with Gasteiger partial charge in [0.1, 0.15) is 5.56 Å². The molecule has 0 bridgehead atoms. The molecule has 1 heterocycles. The number of carbonyl (C=O) groups is 1. The van der Waals surface area contributed by atoms with Gasteiger partial charge in [0.2, 0.25) is 5.88 Å². The second-order valence-electron chi connectivity index (χ2n) is 3.73. The summed E-state index contributed by atoms with van der Waals surface area (Å²) in [6, 6.07) is 0.910. The SMILES string of the molecule is CCOC(=O)CC=Cc1cnc(OC)c(C(F)(F)F)c1. The van der Waals surface area contributed by atoms with E-state index < -0.39 is 23.6 Å². The van der Waals surface area contributed by atoms with Crippen LogP contribution in [0, 0.1) is 0 Å². The Balaban J connectivity index is 2.87. The van der Waals surface area contributed by atoms with Crippen LogP contribution in [0.15, 0.2) is 18.3 Å². The van der Waals surface area contributed by atoms with Crippen LogP contribution in [0.25, 0.3) is 6.08 Å². The van der Waals surface area contributed by atoms with E-state index in [1.165, 1.54) is 18.3 Å². The van der Waals surface area contributed by atoms with E-state index in [4.69, 9.17) is 0 Å². The van der Waals surface area contributed by atoms with Crippen LogP contribution >= 0.6 is 0 Å². The summed E-state index contributed by atoms with van der Waals surface area (Å²) in [5.41, 5.74) is -0.735. The molecule has 7 heteroatoms. The van der Waals surface area contributed by atoms with E-state index in [0.717, 1.165) is 13.2 Å². The van der Waals surface area contributed by atoms with Gasteiger partial charge in [-0.2, -0.15) is 13.2 Å². The van der Waals surface area contributed by atoms with Crippen molar-refractivity contribution in [3.8, 4) is 5.88 Å². The van der Waals surface area contributed by atoms with E-state index in [-0.39, 0.29) is 18.6 Å². The molecule has 0 aromatic carbocycles. The van der Waals surface area contributed by atoms with Gasteiger partial charge in [0.15, 0.2) is 0 Å². The van der Waals surface area contributed by atoms with Crippen molar-refractivity contribution in [2.24, 2.45) is 0 Å². The lowest BCUT2D eigenvalue weighted by atomic mass is 10.1. The maximum atomic E-state index is 12.7. The quantitative estimate of drug-likeness (QED) is 0.782. The van der Waals surface area contributed by atoms with Crippen molar-refractivity contribution in [3.63, 3.8) is 0 Å². The zero-order chi connectivity index (χ0) is 15.2. The first-order chi connectivity index (χ1) is 9.38. The van der Waals surface area contributed by atoms with Crippen LogP contribution in [0.2, 0.25) is 0 Å². The second kappa shape index (κ2) is 6.93. The van der Waals surface area contributed by atoms with Crippen LogP contribution in [0.4, 0.5) is 13.2 Å². The fourth-order valence-corrected chi connectivity index (χ4v) is 1.44. The van der Waals surface area contributed by atoms with Crippen LogP contribution in [-0.4, -0.2) is 24.7 Å². The Kier molecular flexibility index (Phi) is 5.54. The third kappa shape index (κ3) is 4.56. The number of halogens is 3. The third-order valence-corrected chi connectivity index (χ3v) is 2.27. The largest absolute Gasteiger partial charge is 0.481 e. The molecule has 110 valence electrons. The van der Waals surface area contributed by atoms with Crippen molar-refractivity contribution < 1.29 is 27.4 Å². The fraction of sp³-hybridized carbons (Fsp3) is 0.385. The number of esters is 1. The molecule has 0 aliphatic rings. The summed E-state index contributed by atoms with van der Waals surface area (Å²) in [7, 11) is 1.12. The lowest BCUT2D eigenvalue weighted by Gasteiger charge is -2.11. The Hall–Kier alpha value is -2.05. The number of nitrogens with zero attached hydrogens (tertiary/aromatic N) is 1.